The van der Waals surface area contributed by atoms with Crippen molar-refractivity contribution in [2.24, 2.45) is 0 Å². The number of aromatic nitrogens is 3. The van der Waals surface area contributed by atoms with Crippen LogP contribution in [0.25, 0.3) is 5.82 Å². The Morgan fingerprint density at radius 3 is 2.47 bits per heavy atom. The highest BCUT2D eigenvalue weighted by Gasteiger charge is 2.06. The summed E-state index contributed by atoms with van der Waals surface area (Å²) < 4.78 is 7.67. The maximum atomic E-state index is 12.2. The highest BCUT2D eigenvalue weighted by Crippen LogP contribution is 2.23. The summed E-state index contributed by atoms with van der Waals surface area (Å²) in [4.78, 5) is 21.7. The molecule has 4 aromatic rings. The fourth-order valence-electron chi connectivity index (χ4n) is 2.74. The Bertz CT molecular complexity index is 1130. The quantitative estimate of drug-likeness (QED) is 0.409. The lowest BCUT2D eigenvalue weighted by molar-refractivity contribution is 0.262. The molecule has 0 saturated carbocycles. The van der Waals surface area contributed by atoms with Gasteiger partial charge in [0.2, 0.25) is 5.88 Å². The first-order valence-corrected chi connectivity index (χ1v) is 10.4. The highest BCUT2D eigenvalue weighted by molar-refractivity contribution is 7.98. The number of ether oxygens (including phenoxy) is 1. The number of nitrogens with zero attached hydrogens (tertiary/aromatic N) is 3. The predicted octanol–water partition coefficient (Wildman–Crippen LogP) is 5.43. The van der Waals surface area contributed by atoms with Gasteiger partial charge in [0.25, 0.3) is 0 Å². The maximum Gasteiger partial charge on any atom is 0.323 e. The molecule has 2 N–H and O–H groups in total. The van der Waals surface area contributed by atoms with E-state index in [0.29, 0.717) is 23.1 Å². The van der Waals surface area contributed by atoms with Crippen LogP contribution in [0.15, 0.2) is 90.3 Å². The summed E-state index contributed by atoms with van der Waals surface area (Å²) in [6.45, 7) is 0. The van der Waals surface area contributed by atoms with E-state index in [-0.39, 0.29) is 6.03 Å². The van der Waals surface area contributed by atoms with Crippen LogP contribution in [0, 0.1) is 0 Å². The van der Waals surface area contributed by atoms with Gasteiger partial charge in [-0.25, -0.2) is 14.8 Å². The van der Waals surface area contributed by atoms with Crippen molar-refractivity contribution in [1.82, 2.24) is 14.5 Å². The number of rotatable bonds is 6. The molecular weight excluding hydrogens is 398 g/mol. The molecule has 0 aliphatic heterocycles. The second-order valence-electron chi connectivity index (χ2n) is 6.24. The van der Waals surface area contributed by atoms with Crippen LogP contribution in [0.1, 0.15) is 0 Å². The van der Waals surface area contributed by atoms with Gasteiger partial charge in [0.05, 0.1) is 0 Å². The molecule has 150 valence electrons. The molecule has 2 aromatic heterocycles. The SMILES string of the molecule is CSc1cccc(NC(=O)Nc2ccc(Oc3cc(-n4cccc4)ncn3)cc2)c1. The number of nitrogens with one attached hydrogen (secondary N) is 2. The molecule has 0 aliphatic rings. The molecule has 2 aromatic carbocycles. The first kappa shape index (κ1) is 19.5. The van der Waals surface area contributed by atoms with Gasteiger partial charge in [-0.2, -0.15) is 0 Å². The van der Waals surface area contributed by atoms with Gasteiger partial charge < -0.3 is 19.9 Å². The van der Waals surface area contributed by atoms with Gasteiger partial charge in [0.15, 0.2) is 0 Å². The molecule has 30 heavy (non-hydrogen) atoms. The van der Waals surface area contributed by atoms with E-state index in [4.69, 9.17) is 4.74 Å². The van der Waals surface area contributed by atoms with Gasteiger partial charge >= 0.3 is 6.03 Å². The van der Waals surface area contributed by atoms with Crippen LogP contribution in [0.4, 0.5) is 16.2 Å². The van der Waals surface area contributed by atoms with E-state index in [2.05, 4.69) is 20.6 Å². The lowest BCUT2D eigenvalue weighted by Gasteiger charge is -2.10. The normalized spacial score (nSPS) is 10.4. The van der Waals surface area contributed by atoms with Crippen molar-refractivity contribution in [2.75, 3.05) is 16.9 Å². The molecule has 0 aliphatic carbocycles. The van der Waals surface area contributed by atoms with Crippen LogP contribution in [0.5, 0.6) is 11.6 Å². The molecule has 0 atom stereocenters. The van der Waals surface area contributed by atoms with Crippen molar-refractivity contribution in [1.29, 1.82) is 0 Å². The third-order valence-corrected chi connectivity index (χ3v) is 4.88. The van der Waals surface area contributed by atoms with Crippen molar-refractivity contribution in [3.63, 3.8) is 0 Å². The van der Waals surface area contributed by atoms with E-state index in [9.17, 15) is 4.79 Å². The molecule has 8 heteroatoms. The molecule has 0 radical (unpaired) electrons. The van der Waals surface area contributed by atoms with E-state index in [1.807, 2.05) is 59.6 Å². The molecule has 0 unspecified atom stereocenters. The lowest BCUT2D eigenvalue weighted by atomic mass is 10.3. The van der Waals surface area contributed by atoms with Crippen molar-refractivity contribution < 1.29 is 9.53 Å². The number of hydrogen-bond donors (Lipinski definition) is 2. The average Bonchev–Trinajstić information content (AvgIpc) is 3.30. The minimum Gasteiger partial charge on any atom is -0.439 e. The van der Waals surface area contributed by atoms with Crippen molar-refractivity contribution in [3.8, 4) is 17.4 Å². The van der Waals surface area contributed by atoms with Gasteiger partial charge in [-0.1, -0.05) is 6.07 Å². The Hall–Kier alpha value is -3.78. The molecule has 0 spiro atoms. The Morgan fingerprint density at radius 1 is 0.933 bits per heavy atom. The zero-order valence-corrected chi connectivity index (χ0v) is 17.0. The minimum absolute atomic E-state index is 0.311. The predicted molar refractivity (Wildman–Crippen MR) is 119 cm³/mol. The van der Waals surface area contributed by atoms with E-state index in [1.165, 1.54) is 6.33 Å². The third-order valence-electron chi connectivity index (χ3n) is 4.16. The molecular formula is C22H19N5O2S. The van der Waals surface area contributed by atoms with E-state index in [0.717, 1.165) is 10.6 Å². The summed E-state index contributed by atoms with van der Waals surface area (Å²) in [5.41, 5.74) is 1.39. The van der Waals surface area contributed by atoms with Gasteiger partial charge in [-0.05, 0) is 60.9 Å². The topological polar surface area (TPSA) is 81.1 Å². The van der Waals surface area contributed by atoms with Crippen LogP contribution in [-0.4, -0.2) is 26.8 Å². The molecule has 2 heterocycles. The van der Waals surface area contributed by atoms with E-state index in [1.54, 1.807) is 42.1 Å². The third kappa shape index (κ3) is 4.98. The fraction of sp³-hybridized carbons (Fsp3) is 0.0455. The van der Waals surface area contributed by atoms with Crippen LogP contribution < -0.4 is 15.4 Å². The fourth-order valence-corrected chi connectivity index (χ4v) is 3.19. The molecule has 4 rings (SSSR count). The monoisotopic (exact) mass is 417 g/mol. The summed E-state index contributed by atoms with van der Waals surface area (Å²) in [7, 11) is 0. The Labute approximate surface area is 178 Å². The summed E-state index contributed by atoms with van der Waals surface area (Å²) in [6.07, 6.45) is 7.24. The van der Waals surface area contributed by atoms with E-state index >= 15 is 0 Å². The summed E-state index contributed by atoms with van der Waals surface area (Å²) in [5.74, 6) is 1.75. The van der Waals surface area contributed by atoms with Crippen LogP contribution in [0.3, 0.4) is 0 Å². The zero-order chi connectivity index (χ0) is 20.8. The number of benzene rings is 2. The number of amides is 2. The number of thioether (sulfide) groups is 1. The standard InChI is InChI=1S/C22H19N5O2S/c1-30-19-6-4-5-17(13-19)26-22(28)25-16-7-9-18(10-8-16)29-21-14-20(23-15-24-21)27-11-2-3-12-27/h2-15H,1H3,(H2,25,26,28). The van der Waals surface area contributed by atoms with Gasteiger partial charge in [0, 0.05) is 34.7 Å². The number of hydrogen-bond acceptors (Lipinski definition) is 5. The average molecular weight is 417 g/mol. The molecule has 0 fully saturated rings. The highest BCUT2D eigenvalue weighted by atomic mass is 32.2. The van der Waals surface area contributed by atoms with Crippen molar-refractivity contribution in [2.45, 2.75) is 4.90 Å². The van der Waals surface area contributed by atoms with Crippen LogP contribution >= 0.6 is 11.8 Å². The van der Waals surface area contributed by atoms with Crippen LogP contribution in [0.2, 0.25) is 0 Å². The minimum atomic E-state index is -0.311. The number of carbonyl (C=O) groups excluding carboxylic acids is 1. The largest absolute Gasteiger partial charge is 0.439 e. The first-order chi connectivity index (χ1) is 14.7. The Kier molecular flexibility index (Phi) is 5.95. The van der Waals surface area contributed by atoms with Crippen molar-refractivity contribution in [3.05, 3.63) is 85.5 Å². The Morgan fingerprint density at radius 2 is 1.70 bits per heavy atom. The number of carbonyl (C=O) groups is 1. The van der Waals surface area contributed by atoms with Crippen LogP contribution in [-0.2, 0) is 0 Å². The maximum absolute atomic E-state index is 12.2. The molecule has 0 bridgehead atoms. The van der Waals surface area contributed by atoms with Gasteiger partial charge in [0.1, 0.15) is 17.9 Å². The number of urea groups is 1. The molecule has 7 nitrogen and oxygen atoms in total. The zero-order valence-electron chi connectivity index (χ0n) is 16.1. The second-order valence-corrected chi connectivity index (χ2v) is 7.12. The Balaban J connectivity index is 1.37. The van der Waals surface area contributed by atoms with Crippen molar-refractivity contribution >= 4 is 29.2 Å². The lowest BCUT2D eigenvalue weighted by Crippen LogP contribution is -2.19. The number of anilines is 2. The molecule has 2 amide bonds. The second kappa shape index (κ2) is 9.15. The molecule has 0 saturated heterocycles. The smallest absolute Gasteiger partial charge is 0.323 e. The van der Waals surface area contributed by atoms with Gasteiger partial charge in [-0.15, -0.1) is 11.8 Å². The van der Waals surface area contributed by atoms with E-state index < -0.39 is 0 Å². The van der Waals surface area contributed by atoms with Gasteiger partial charge in [-0.3, -0.25) is 0 Å². The first-order valence-electron chi connectivity index (χ1n) is 9.15. The summed E-state index contributed by atoms with van der Waals surface area (Å²) in [5, 5.41) is 5.63. The summed E-state index contributed by atoms with van der Waals surface area (Å²) in [6, 6.07) is 20.0. The summed E-state index contributed by atoms with van der Waals surface area (Å²) >= 11 is 1.62.